The van der Waals surface area contributed by atoms with E-state index in [1.807, 2.05) is 25.1 Å². The Labute approximate surface area is 172 Å². The number of aromatic nitrogens is 2. The molecule has 1 aromatic heterocycles. The Morgan fingerprint density at radius 1 is 1.07 bits per heavy atom. The van der Waals surface area contributed by atoms with Crippen LogP contribution in [-0.2, 0) is 13.1 Å². The molecule has 0 aliphatic carbocycles. The number of halogens is 1. The molecule has 4 rings (SSSR count). The summed E-state index contributed by atoms with van der Waals surface area (Å²) >= 11 is 6.08. The third-order valence-corrected chi connectivity index (χ3v) is 5.90. The maximum absolute atomic E-state index is 6.08. The number of para-hydroxylation sites is 2. The molecule has 2 aromatic carbocycles. The van der Waals surface area contributed by atoms with Gasteiger partial charge in [0.25, 0.3) is 0 Å². The van der Waals surface area contributed by atoms with E-state index in [1.54, 1.807) is 0 Å². The van der Waals surface area contributed by atoms with Gasteiger partial charge in [0, 0.05) is 11.6 Å². The van der Waals surface area contributed by atoms with Crippen molar-refractivity contribution in [2.45, 2.75) is 45.7 Å². The zero-order chi connectivity index (χ0) is 19.3. The highest BCUT2D eigenvalue weighted by molar-refractivity contribution is 6.31. The predicted molar refractivity (Wildman–Crippen MR) is 115 cm³/mol. The van der Waals surface area contributed by atoms with Crippen molar-refractivity contribution in [3.05, 3.63) is 58.9 Å². The molecule has 2 heterocycles. The van der Waals surface area contributed by atoms with Crippen LogP contribution in [0.2, 0.25) is 5.02 Å². The van der Waals surface area contributed by atoms with Crippen LogP contribution in [0.25, 0.3) is 11.0 Å². The van der Waals surface area contributed by atoms with Crippen LogP contribution >= 0.6 is 11.6 Å². The van der Waals surface area contributed by atoms with Crippen LogP contribution in [0.1, 0.15) is 37.1 Å². The topological polar surface area (TPSA) is 30.3 Å². The molecule has 4 nitrogen and oxygen atoms in total. The smallest absolute Gasteiger partial charge is 0.124 e. The van der Waals surface area contributed by atoms with Crippen molar-refractivity contribution in [3.63, 3.8) is 0 Å². The number of likely N-dealkylation sites (tertiary alicyclic amines) is 1. The number of hydrogen-bond donors (Lipinski definition) is 0. The van der Waals surface area contributed by atoms with E-state index in [-0.39, 0.29) is 0 Å². The highest BCUT2D eigenvalue weighted by atomic mass is 35.5. The standard InChI is InChI=1S/C23H28ClN3O/c1-18-16-19(10-11-20(18)24)28-15-7-6-14-27-22-9-3-2-8-21(22)25-23(27)17-26-12-4-5-13-26/h2-3,8-11,16H,4-7,12-15,17H2,1H3. The molecule has 148 valence electrons. The molecule has 0 saturated carbocycles. The molecule has 28 heavy (non-hydrogen) atoms. The van der Waals surface area contributed by atoms with E-state index >= 15 is 0 Å². The monoisotopic (exact) mass is 397 g/mol. The average Bonchev–Trinajstić information content (AvgIpc) is 3.32. The maximum atomic E-state index is 6.08. The molecule has 0 spiro atoms. The molecule has 1 saturated heterocycles. The number of unbranched alkanes of at least 4 members (excludes halogenated alkanes) is 1. The van der Waals surface area contributed by atoms with Gasteiger partial charge in [0.05, 0.1) is 24.2 Å². The highest BCUT2D eigenvalue weighted by Crippen LogP contribution is 2.22. The minimum absolute atomic E-state index is 0.717. The normalized spacial score (nSPS) is 14.8. The average molecular weight is 398 g/mol. The number of rotatable bonds is 8. The Morgan fingerprint density at radius 3 is 2.71 bits per heavy atom. The van der Waals surface area contributed by atoms with Gasteiger partial charge in [-0.3, -0.25) is 4.90 Å². The van der Waals surface area contributed by atoms with E-state index in [4.69, 9.17) is 21.3 Å². The van der Waals surface area contributed by atoms with E-state index in [9.17, 15) is 0 Å². The van der Waals surface area contributed by atoms with Crippen molar-refractivity contribution in [1.82, 2.24) is 14.5 Å². The second-order valence-electron chi connectivity index (χ2n) is 7.62. The highest BCUT2D eigenvalue weighted by Gasteiger charge is 2.17. The molecule has 0 N–H and O–H groups in total. The predicted octanol–water partition coefficient (Wildman–Crippen LogP) is 5.45. The lowest BCUT2D eigenvalue weighted by molar-refractivity contribution is 0.298. The van der Waals surface area contributed by atoms with Crippen LogP contribution in [-0.4, -0.2) is 34.1 Å². The van der Waals surface area contributed by atoms with Crippen molar-refractivity contribution < 1.29 is 4.74 Å². The zero-order valence-electron chi connectivity index (χ0n) is 16.5. The van der Waals surface area contributed by atoms with Crippen molar-refractivity contribution in [3.8, 4) is 5.75 Å². The second-order valence-corrected chi connectivity index (χ2v) is 8.03. The first kappa shape index (κ1) is 19.3. The van der Waals surface area contributed by atoms with Gasteiger partial charge in [-0.2, -0.15) is 0 Å². The van der Waals surface area contributed by atoms with E-state index in [1.165, 1.54) is 37.3 Å². The van der Waals surface area contributed by atoms with Gasteiger partial charge in [0.15, 0.2) is 0 Å². The summed E-state index contributed by atoms with van der Waals surface area (Å²) in [6.45, 7) is 7.04. The van der Waals surface area contributed by atoms with E-state index < -0.39 is 0 Å². The Balaban J connectivity index is 1.36. The third-order valence-electron chi connectivity index (χ3n) is 5.47. The molecule has 0 unspecified atom stereocenters. The van der Waals surface area contributed by atoms with Crippen LogP contribution in [0.15, 0.2) is 42.5 Å². The Hall–Kier alpha value is -2.04. The van der Waals surface area contributed by atoms with Crippen LogP contribution in [0, 0.1) is 6.92 Å². The van der Waals surface area contributed by atoms with Crippen LogP contribution < -0.4 is 4.74 Å². The number of hydrogen-bond acceptors (Lipinski definition) is 3. The minimum atomic E-state index is 0.717. The molecule has 0 radical (unpaired) electrons. The largest absolute Gasteiger partial charge is 0.494 e. The second kappa shape index (κ2) is 8.97. The van der Waals surface area contributed by atoms with Gasteiger partial charge in [-0.25, -0.2) is 4.98 Å². The van der Waals surface area contributed by atoms with Gasteiger partial charge in [0.1, 0.15) is 11.6 Å². The number of benzene rings is 2. The number of imidazole rings is 1. The molecule has 1 aliphatic heterocycles. The molecule has 0 atom stereocenters. The summed E-state index contributed by atoms with van der Waals surface area (Å²) in [5.74, 6) is 2.09. The van der Waals surface area contributed by atoms with Gasteiger partial charge in [-0.15, -0.1) is 0 Å². The first-order chi connectivity index (χ1) is 13.7. The van der Waals surface area contributed by atoms with E-state index in [2.05, 4.69) is 33.7 Å². The molecule has 0 bridgehead atoms. The summed E-state index contributed by atoms with van der Waals surface area (Å²) in [6, 6.07) is 14.3. The summed E-state index contributed by atoms with van der Waals surface area (Å²) in [7, 11) is 0. The van der Waals surface area contributed by atoms with Crippen molar-refractivity contribution >= 4 is 22.6 Å². The minimum Gasteiger partial charge on any atom is -0.494 e. The fourth-order valence-corrected chi connectivity index (χ4v) is 4.02. The van der Waals surface area contributed by atoms with Gasteiger partial charge < -0.3 is 9.30 Å². The molecule has 1 aliphatic rings. The van der Waals surface area contributed by atoms with Crippen LogP contribution in [0.4, 0.5) is 0 Å². The Bertz CT molecular complexity index is 931. The molecular weight excluding hydrogens is 370 g/mol. The van der Waals surface area contributed by atoms with Crippen molar-refractivity contribution in [2.75, 3.05) is 19.7 Å². The van der Waals surface area contributed by atoms with E-state index in [0.717, 1.165) is 54.4 Å². The first-order valence-corrected chi connectivity index (χ1v) is 10.6. The SMILES string of the molecule is Cc1cc(OCCCCn2c(CN3CCCC3)nc3ccccc32)ccc1Cl. The van der Waals surface area contributed by atoms with Crippen LogP contribution in [0.3, 0.4) is 0 Å². The first-order valence-electron chi connectivity index (χ1n) is 10.3. The number of fused-ring (bicyclic) bond motifs is 1. The lowest BCUT2D eigenvalue weighted by Crippen LogP contribution is -2.21. The maximum Gasteiger partial charge on any atom is 0.124 e. The summed E-state index contributed by atoms with van der Waals surface area (Å²) in [6.07, 6.45) is 4.70. The molecule has 5 heteroatoms. The number of nitrogens with zero attached hydrogens (tertiary/aromatic N) is 3. The van der Waals surface area contributed by atoms with Gasteiger partial charge in [-0.05, 0) is 81.6 Å². The quantitative estimate of drug-likeness (QED) is 0.473. The van der Waals surface area contributed by atoms with Crippen LogP contribution in [0.5, 0.6) is 5.75 Å². The van der Waals surface area contributed by atoms with Gasteiger partial charge in [-0.1, -0.05) is 23.7 Å². The van der Waals surface area contributed by atoms with E-state index in [0.29, 0.717) is 0 Å². The molecule has 1 fully saturated rings. The summed E-state index contributed by atoms with van der Waals surface area (Å²) in [5, 5.41) is 0.782. The Morgan fingerprint density at radius 2 is 1.89 bits per heavy atom. The Kier molecular flexibility index (Phi) is 6.18. The summed E-state index contributed by atoms with van der Waals surface area (Å²) < 4.78 is 8.30. The number of aryl methyl sites for hydroxylation is 2. The fourth-order valence-electron chi connectivity index (χ4n) is 3.91. The lowest BCUT2D eigenvalue weighted by atomic mass is 10.2. The molecule has 0 amide bonds. The molecular formula is C23H28ClN3O. The third kappa shape index (κ3) is 4.50. The van der Waals surface area contributed by atoms with Crippen molar-refractivity contribution in [2.24, 2.45) is 0 Å². The zero-order valence-corrected chi connectivity index (χ0v) is 17.3. The summed E-state index contributed by atoms with van der Waals surface area (Å²) in [4.78, 5) is 7.44. The number of ether oxygens (including phenoxy) is 1. The fraction of sp³-hybridized carbons (Fsp3) is 0.435. The van der Waals surface area contributed by atoms with Gasteiger partial charge in [0.2, 0.25) is 0 Å². The summed E-state index contributed by atoms with van der Waals surface area (Å²) in [5.41, 5.74) is 3.39. The van der Waals surface area contributed by atoms with Crippen molar-refractivity contribution in [1.29, 1.82) is 0 Å². The lowest BCUT2D eigenvalue weighted by Gasteiger charge is -2.16. The molecule has 3 aromatic rings. The van der Waals surface area contributed by atoms with Gasteiger partial charge >= 0.3 is 0 Å².